The molecule has 1 aliphatic rings. The van der Waals surface area contributed by atoms with Gasteiger partial charge in [0.25, 0.3) is 15.9 Å². The van der Waals surface area contributed by atoms with Crippen molar-refractivity contribution in [3.8, 4) is 17.2 Å². The van der Waals surface area contributed by atoms with Gasteiger partial charge in [0.1, 0.15) is 5.75 Å². The normalized spacial score (nSPS) is 13.2. The second-order valence-corrected chi connectivity index (χ2v) is 9.87. The molecule has 188 valence electrons. The molecule has 1 heterocycles. The molecule has 2 N–H and O–H groups in total. The zero-order valence-electron chi connectivity index (χ0n) is 19.7. The van der Waals surface area contributed by atoms with Gasteiger partial charge in [0.15, 0.2) is 11.5 Å². The number of carboxylic acids is 1. The number of amides is 1. The Bertz CT molecular complexity index is 1420. The van der Waals surface area contributed by atoms with Gasteiger partial charge in [-0.05, 0) is 60.9 Å². The van der Waals surface area contributed by atoms with Crippen molar-refractivity contribution in [1.29, 1.82) is 0 Å². The molecule has 1 aliphatic heterocycles. The third kappa shape index (κ3) is 5.28. The predicted molar refractivity (Wildman–Crippen MR) is 130 cm³/mol. The Hall–Kier alpha value is -4.05. The summed E-state index contributed by atoms with van der Waals surface area (Å²) >= 11 is 0. The molecule has 1 atom stereocenters. The lowest BCUT2D eigenvalue weighted by molar-refractivity contribution is -0.126. The summed E-state index contributed by atoms with van der Waals surface area (Å²) in [6.07, 6.45) is -0.195. The van der Waals surface area contributed by atoms with E-state index < -0.39 is 28.0 Å². The van der Waals surface area contributed by atoms with Crippen molar-refractivity contribution < 1.29 is 37.3 Å². The fraction of sp³-hybridized carbons (Fsp3) is 0.231. The van der Waals surface area contributed by atoms with Gasteiger partial charge < -0.3 is 19.3 Å². The summed E-state index contributed by atoms with van der Waals surface area (Å²) in [6.45, 7) is 3.58. The minimum Gasteiger partial charge on any atom is -0.478 e. The molecule has 0 saturated heterocycles. The maximum Gasteiger partial charge on any atom is 0.335 e. The van der Waals surface area contributed by atoms with Crippen LogP contribution < -0.4 is 18.9 Å². The van der Waals surface area contributed by atoms with E-state index in [1.54, 1.807) is 43.3 Å². The average Bonchev–Trinajstić information content (AvgIpc) is 3.31. The monoisotopic (exact) mass is 511 g/mol. The maximum atomic E-state index is 13.4. The summed E-state index contributed by atoms with van der Waals surface area (Å²) in [5, 5.41) is 9.37. The van der Waals surface area contributed by atoms with Crippen LogP contribution in [0, 0.1) is 6.92 Å². The second kappa shape index (κ2) is 10.3. The van der Waals surface area contributed by atoms with Gasteiger partial charge in [-0.15, -0.1) is 0 Å². The van der Waals surface area contributed by atoms with Crippen molar-refractivity contribution in [2.75, 3.05) is 6.79 Å². The van der Waals surface area contributed by atoms with E-state index in [9.17, 15) is 23.1 Å². The Morgan fingerprint density at radius 1 is 1.06 bits per heavy atom. The molecule has 0 radical (unpaired) electrons. The van der Waals surface area contributed by atoms with E-state index in [1.165, 1.54) is 24.3 Å². The first-order valence-corrected chi connectivity index (χ1v) is 12.7. The Morgan fingerprint density at radius 2 is 1.81 bits per heavy atom. The Morgan fingerprint density at radius 3 is 2.53 bits per heavy atom. The van der Waals surface area contributed by atoms with Crippen LogP contribution >= 0.6 is 0 Å². The molecule has 0 saturated carbocycles. The number of hydrogen-bond acceptors (Lipinski definition) is 7. The molecule has 0 fully saturated rings. The molecule has 10 heteroatoms. The number of hydrogen-bond donors (Lipinski definition) is 2. The molecule has 1 amide bonds. The molecule has 0 spiro atoms. The molecule has 36 heavy (non-hydrogen) atoms. The Labute approximate surface area is 208 Å². The van der Waals surface area contributed by atoms with Crippen molar-refractivity contribution in [2.45, 2.75) is 37.7 Å². The molecule has 3 aromatic rings. The van der Waals surface area contributed by atoms with E-state index in [0.717, 1.165) is 0 Å². The standard InChI is InChI=1S/C26H25NO8S/c1-3-6-17-13-19(26(29)30)10-11-20(17)35-24(18-9-12-21-22(14-18)34-15-33-21)25(28)27-36(31,32)23-8-5-4-7-16(23)2/h4-5,7-14,24H,3,6,15H2,1-2H3,(H,27,28)(H,29,30). The summed E-state index contributed by atoms with van der Waals surface area (Å²) in [4.78, 5) is 24.8. The lowest BCUT2D eigenvalue weighted by atomic mass is 10.0. The molecule has 0 bridgehead atoms. The summed E-state index contributed by atoms with van der Waals surface area (Å²) in [6, 6.07) is 15.4. The highest BCUT2D eigenvalue weighted by atomic mass is 32.2. The van der Waals surface area contributed by atoms with Crippen molar-refractivity contribution in [2.24, 2.45) is 0 Å². The number of carbonyl (C=O) groups is 2. The first-order valence-electron chi connectivity index (χ1n) is 11.2. The van der Waals surface area contributed by atoms with Gasteiger partial charge in [0.05, 0.1) is 10.5 Å². The first-order chi connectivity index (χ1) is 17.2. The van der Waals surface area contributed by atoms with E-state index >= 15 is 0 Å². The van der Waals surface area contributed by atoms with Crippen LogP contribution in [0.3, 0.4) is 0 Å². The second-order valence-electron chi connectivity index (χ2n) is 8.22. The summed E-state index contributed by atoms with van der Waals surface area (Å²) in [5.74, 6) is -0.850. The zero-order valence-corrected chi connectivity index (χ0v) is 20.5. The van der Waals surface area contributed by atoms with Gasteiger partial charge in [0.2, 0.25) is 12.9 Å². The van der Waals surface area contributed by atoms with Crippen LogP contribution in [-0.4, -0.2) is 32.2 Å². The fourth-order valence-electron chi connectivity index (χ4n) is 3.87. The van der Waals surface area contributed by atoms with Gasteiger partial charge in [-0.25, -0.2) is 17.9 Å². The number of aryl methyl sites for hydroxylation is 2. The van der Waals surface area contributed by atoms with Crippen LogP contribution in [0.4, 0.5) is 0 Å². The molecule has 4 rings (SSSR count). The lowest BCUT2D eigenvalue weighted by Gasteiger charge is -2.22. The molecular formula is C26H25NO8S. The van der Waals surface area contributed by atoms with Crippen LogP contribution in [-0.2, 0) is 21.2 Å². The lowest BCUT2D eigenvalue weighted by Crippen LogP contribution is -2.37. The van der Waals surface area contributed by atoms with Crippen LogP contribution in [0.25, 0.3) is 0 Å². The van der Waals surface area contributed by atoms with Crippen molar-refractivity contribution in [1.82, 2.24) is 4.72 Å². The van der Waals surface area contributed by atoms with Gasteiger partial charge in [-0.1, -0.05) is 37.6 Å². The zero-order chi connectivity index (χ0) is 25.9. The van der Waals surface area contributed by atoms with Gasteiger partial charge in [-0.2, -0.15) is 0 Å². The summed E-state index contributed by atoms with van der Waals surface area (Å²) in [5.41, 5.74) is 1.48. The number of rotatable bonds is 9. The summed E-state index contributed by atoms with van der Waals surface area (Å²) in [7, 11) is -4.20. The van der Waals surface area contributed by atoms with Crippen LogP contribution in [0.1, 0.15) is 46.5 Å². The highest BCUT2D eigenvalue weighted by Gasteiger charge is 2.30. The number of fused-ring (bicyclic) bond motifs is 1. The van der Waals surface area contributed by atoms with Crippen LogP contribution in [0.15, 0.2) is 65.6 Å². The van der Waals surface area contributed by atoms with Gasteiger partial charge >= 0.3 is 5.97 Å². The van der Waals surface area contributed by atoms with Gasteiger partial charge in [-0.3, -0.25) is 4.79 Å². The van der Waals surface area contributed by atoms with Crippen molar-refractivity contribution in [3.05, 3.63) is 82.9 Å². The van der Waals surface area contributed by atoms with Crippen molar-refractivity contribution in [3.63, 3.8) is 0 Å². The van der Waals surface area contributed by atoms with E-state index in [-0.39, 0.29) is 23.0 Å². The quantitative estimate of drug-likeness (QED) is 0.441. The van der Waals surface area contributed by atoms with Crippen LogP contribution in [0.2, 0.25) is 0 Å². The first kappa shape index (κ1) is 25.1. The number of nitrogens with one attached hydrogen (secondary N) is 1. The van der Waals surface area contributed by atoms with Crippen molar-refractivity contribution >= 4 is 21.9 Å². The highest BCUT2D eigenvalue weighted by Crippen LogP contribution is 2.36. The molecule has 9 nitrogen and oxygen atoms in total. The average molecular weight is 512 g/mol. The number of carbonyl (C=O) groups excluding carboxylic acids is 1. The molecular weight excluding hydrogens is 486 g/mol. The number of sulfonamides is 1. The minimum atomic E-state index is -4.20. The van der Waals surface area contributed by atoms with E-state index in [0.29, 0.717) is 41.0 Å². The van der Waals surface area contributed by atoms with E-state index in [4.69, 9.17) is 14.2 Å². The third-order valence-electron chi connectivity index (χ3n) is 5.63. The van der Waals surface area contributed by atoms with E-state index in [2.05, 4.69) is 4.72 Å². The predicted octanol–water partition coefficient (Wildman–Crippen LogP) is 4.00. The number of carboxylic acid groups (broad SMARTS) is 1. The molecule has 0 aromatic heterocycles. The number of ether oxygens (including phenoxy) is 3. The molecule has 3 aromatic carbocycles. The molecule has 0 aliphatic carbocycles. The molecule has 1 unspecified atom stereocenters. The number of aromatic carboxylic acids is 1. The summed E-state index contributed by atoms with van der Waals surface area (Å²) < 4.78 is 45.0. The minimum absolute atomic E-state index is 0.0233. The smallest absolute Gasteiger partial charge is 0.335 e. The largest absolute Gasteiger partial charge is 0.478 e. The SMILES string of the molecule is CCCc1cc(C(=O)O)ccc1OC(C(=O)NS(=O)(=O)c1ccccc1C)c1ccc2c(c1)OCO2. The number of benzene rings is 3. The highest BCUT2D eigenvalue weighted by molar-refractivity contribution is 7.90. The maximum absolute atomic E-state index is 13.4. The van der Waals surface area contributed by atoms with Crippen LogP contribution in [0.5, 0.6) is 17.2 Å². The van der Waals surface area contributed by atoms with Gasteiger partial charge in [0, 0.05) is 5.56 Å². The Balaban J connectivity index is 1.73. The Kier molecular flexibility index (Phi) is 7.16. The third-order valence-corrected chi connectivity index (χ3v) is 7.13. The van der Waals surface area contributed by atoms with E-state index in [1.807, 2.05) is 6.92 Å². The fourth-order valence-corrected chi connectivity index (χ4v) is 5.10. The topological polar surface area (TPSA) is 128 Å².